The normalized spacial score (nSPS) is 41.8. The molecule has 0 aromatic carbocycles. The molecule has 0 radical (unpaired) electrons. The molecule has 0 aromatic rings. The molecule has 0 spiro atoms. The molecule has 2 unspecified atom stereocenters. The number of hydrogen-bond donors (Lipinski definition) is 1. The molecule has 4 fully saturated rings. The van der Waals surface area contributed by atoms with Crippen molar-refractivity contribution in [3.05, 3.63) is 0 Å². The molecule has 4 bridgehead atoms. The van der Waals surface area contributed by atoms with E-state index in [1.807, 2.05) is 0 Å². The first-order chi connectivity index (χ1) is 9.61. The van der Waals surface area contributed by atoms with Crippen molar-refractivity contribution >= 4 is 10.8 Å². The topological polar surface area (TPSA) is 43.1 Å². The first kappa shape index (κ1) is 15.0. The van der Waals surface area contributed by atoms with Crippen molar-refractivity contribution in [1.82, 2.24) is 0 Å². The summed E-state index contributed by atoms with van der Waals surface area (Å²) in [6.07, 6.45) is 11.9. The van der Waals surface area contributed by atoms with Gasteiger partial charge in [-0.15, -0.1) is 0 Å². The van der Waals surface area contributed by atoms with Gasteiger partial charge in [0.15, 0.2) is 0 Å². The minimum Gasteiger partial charge on any atom is -0.326 e. The Morgan fingerprint density at radius 2 is 1.65 bits per heavy atom. The third-order valence-electron chi connectivity index (χ3n) is 6.21. The van der Waals surface area contributed by atoms with Gasteiger partial charge in [-0.2, -0.15) is 0 Å². The number of unbranched alkanes of at least 4 members (excludes halogenated alkanes) is 2. The maximum absolute atomic E-state index is 12.3. The lowest BCUT2D eigenvalue weighted by molar-refractivity contribution is -0.0630. The molecule has 0 heterocycles. The molecule has 2 atom stereocenters. The van der Waals surface area contributed by atoms with E-state index < -0.39 is 10.8 Å². The van der Waals surface area contributed by atoms with Crippen molar-refractivity contribution in [2.24, 2.45) is 28.9 Å². The van der Waals surface area contributed by atoms with Crippen LogP contribution >= 0.6 is 0 Å². The van der Waals surface area contributed by atoms with Crippen LogP contribution in [0.5, 0.6) is 0 Å². The molecular weight excluding hydrogens is 266 g/mol. The molecule has 0 aromatic heterocycles. The van der Waals surface area contributed by atoms with E-state index >= 15 is 0 Å². The van der Waals surface area contributed by atoms with Crippen LogP contribution in [0.25, 0.3) is 0 Å². The largest absolute Gasteiger partial charge is 0.326 e. The Kier molecular flexibility index (Phi) is 4.57. The van der Waals surface area contributed by atoms with Crippen LogP contribution in [0.4, 0.5) is 0 Å². The van der Waals surface area contributed by atoms with E-state index in [1.54, 1.807) is 0 Å². The molecule has 4 aliphatic rings. The van der Waals surface area contributed by atoms with E-state index in [4.69, 9.17) is 5.73 Å². The first-order valence-corrected chi connectivity index (χ1v) is 10.2. The van der Waals surface area contributed by atoms with Gasteiger partial charge in [-0.1, -0.05) is 19.8 Å². The van der Waals surface area contributed by atoms with Gasteiger partial charge in [0.2, 0.25) is 0 Å². The third-order valence-corrected chi connectivity index (χ3v) is 7.69. The minimum atomic E-state index is -0.689. The van der Waals surface area contributed by atoms with Gasteiger partial charge in [-0.25, -0.2) is 0 Å². The van der Waals surface area contributed by atoms with Crippen LogP contribution in [-0.2, 0) is 10.8 Å². The third kappa shape index (κ3) is 2.99. The van der Waals surface area contributed by atoms with Gasteiger partial charge >= 0.3 is 0 Å². The standard InChI is InChI=1S/C17H31NOS/c1-2-3-4-5-20(19)12-16(18)17-9-13-6-14(10-17)8-15(7-13)11-17/h13-16H,2-12,18H2,1H3. The van der Waals surface area contributed by atoms with Crippen LogP contribution in [0.1, 0.15) is 64.7 Å². The molecule has 2 N–H and O–H groups in total. The molecule has 4 aliphatic carbocycles. The monoisotopic (exact) mass is 297 g/mol. The van der Waals surface area contributed by atoms with Gasteiger partial charge in [0, 0.05) is 28.3 Å². The summed E-state index contributed by atoms with van der Waals surface area (Å²) in [4.78, 5) is 0. The van der Waals surface area contributed by atoms with Gasteiger partial charge in [0.25, 0.3) is 0 Å². The second-order valence-corrected chi connectivity index (χ2v) is 9.53. The summed E-state index contributed by atoms with van der Waals surface area (Å²) in [7, 11) is -0.689. The molecular formula is C17H31NOS. The van der Waals surface area contributed by atoms with Gasteiger partial charge in [-0.3, -0.25) is 4.21 Å². The van der Waals surface area contributed by atoms with Gasteiger partial charge in [-0.05, 0) is 68.1 Å². The molecule has 0 amide bonds. The lowest BCUT2D eigenvalue weighted by Crippen LogP contribution is -2.56. The Morgan fingerprint density at radius 1 is 1.10 bits per heavy atom. The van der Waals surface area contributed by atoms with Crippen LogP contribution in [0.3, 0.4) is 0 Å². The predicted molar refractivity (Wildman–Crippen MR) is 86.0 cm³/mol. The van der Waals surface area contributed by atoms with Gasteiger partial charge in [0.05, 0.1) is 0 Å². The highest BCUT2D eigenvalue weighted by molar-refractivity contribution is 7.85. The number of hydrogen-bond acceptors (Lipinski definition) is 2. The molecule has 20 heavy (non-hydrogen) atoms. The second-order valence-electron chi connectivity index (χ2n) is 7.90. The molecule has 2 nitrogen and oxygen atoms in total. The molecule has 0 aliphatic heterocycles. The first-order valence-electron chi connectivity index (χ1n) is 8.72. The van der Waals surface area contributed by atoms with Gasteiger partial charge in [0.1, 0.15) is 0 Å². The van der Waals surface area contributed by atoms with Crippen LogP contribution in [0, 0.1) is 23.2 Å². The zero-order valence-electron chi connectivity index (χ0n) is 13.0. The molecule has 4 saturated carbocycles. The Bertz CT molecular complexity index is 333. The SMILES string of the molecule is CCCCCS(=O)CC(N)C12CC3CC(CC(C3)C1)C2. The van der Waals surface area contributed by atoms with Crippen molar-refractivity contribution in [3.63, 3.8) is 0 Å². The lowest BCUT2D eigenvalue weighted by Gasteiger charge is -2.58. The Hall–Kier alpha value is 0.110. The van der Waals surface area contributed by atoms with Crippen LogP contribution in [-0.4, -0.2) is 21.8 Å². The minimum absolute atomic E-state index is 0.193. The number of nitrogens with two attached hydrogens (primary N) is 1. The fourth-order valence-corrected chi connectivity index (χ4v) is 7.05. The van der Waals surface area contributed by atoms with Crippen LogP contribution in [0.2, 0.25) is 0 Å². The summed E-state index contributed by atoms with van der Waals surface area (Å²) in [6, 6.07) is 0.193. The van der Waals surface area contributed by atoms with E-state index in [0.29, 0.717) is 5.41 Å². The van der Waals surface area contributed by atoms with Crippen LogP contribution in [0.15, 0.2) is 0 Å². The molecule has 3 heteroatoms. The zero-order chi connectivity index (χ0) is 14.2. The maximum Gasteiger partial charge on any atom is 0.0392 e. The average molecular weight is 298 g/mol. The van der Waals surface area contributed by atoms with E-state index in [2.05, 4.69) is 6.92 Å². The summed E-state index contributed by atoms with van der Waals surface area (Å²) in [6.45, 7) is 2.20. The quantitative estimate of drug-likeness (QED) is 0.731. The zero-order valence-corrected chi connectivity index (χ0v) is 13.8. The molecule has 0 saturated heterocycles. The van der Waals surface area contributed by atoms with Gasteiger partial charge < -0.3 is 5.73 Å². The van der Waals surface area contributed by atoms with Crippen molar-refractivity contribution in [2.45, 2.75) is 70.8 Å². The highest BCUT2D eigenvalue weighted by Crippen LogP contribution is 2.61. The second kappa shape index (κ2) is 6.08. The fraction of sp³-hybridized carbons (Fsp3) is 1.00. The summed E-state index contributed by atoms with van der Waals surface area (Å²) in [5.74, 6) is 4.46. The number of rotatable bonds is 7. The fourth-order valence-electron chi connectivity index (χ4n) is 5.61. The highest BCUT2D eigenvalue weighted by Gasteiger charge is 2.53. The Labute approximate surface area is 126 Å². The van der Waals surface area contributed by atoms with E-state index in [1.165, 1.54) is 51.4 Å². The van der Waals surface area contributed by atoms with Crippen molar-refractivity contribution in [3.8, 4) is 0 Å². The summed E-state index contributed by atoms with van der Waals surface area (Å²) in [5, 5.41) is 0. The van der Waals surface area contributed by atoms with Crippen LogP contribution < -0.4 is 5.73 Å². The molecule has 4 rings (SSSR count). The van der Waals surface area contributed by atoms with Crippen molar-refractivity contribution < 1.29 is 4.21 Å². The highest BCUT2D eigenvalue weighted by atomic mass is 32.2. The van der Waals surface area contributed by atoms with Crippen molar-refractivity contribution in [2.75, 3.05) is 11.5 Å². The summed E-state index contributed by atoms with van der Waals surface area (Å²) < 4.78 is 12.3. The van der Waals surface area contributed by atoms with E-state index in [-0.39, 0.29) is 6.04 Å². The molecule has 116 valence electrons. The summed E-state index contributed by atoms with van der Waals surface area (Å²) in [5.41, 5.74) is 6.96. The summed E-state index contributed by atoms with van der Waals surface area (Å²) >= 11 is 0. The van der Waals surface area contributed by atoms with E-state index in [9.17, 15) is 4.21 Å². The van der Waals surface area contributed by atoms with Crippen molar-refractivity contribution in [1.29, 1.82) is 0 Å². The maximum atomic E-state index is 12.3. The van der Waals surface area contributed by atoms with E-state index in [0.717, 1.165) is 35.7 Å². The average Bonchev–Trinajstić information content (AvgIpc) is 2.37. The Morgan fingerprint density at radius 3 is 2.15 bits per heavy atom. The predicted octanol–water partition coefficient (Wildman–Crippen LogP) is 3.47. The Balaban J connectivity index is 1.56. The smallest absolute Gasteiger partial charge is 0.0392 e. The lowest BCUT2D eigenvalue weighted by atomic mass is 9.48.